The van der Waals surface area contributed by atoms with Gasteiger partial charge in [0.1, 0.15) is 5.75 Å². The van der Waals surface area contributed by atoms with E-state index in [0.29, 0.717) is 30.0 Å². The summed E-state index contributed by atoms with van der Waals surface area (Å²) < 4.78 is 5.88. The Bertz CT molecular complexity index is 1030. The van der Waals surface area contributed by atoms with Gasteiger partial charge in [-0.05, 0) is 37.1 Å². The van der Waals surface area contributed by atoms with Gasteiger partial charge in [-0.2, -0.15) is 0 Å². The van der Waals surface area contributed by atoms with Gasteiger partial charge in [0.25, 0.3) is 5.91 Å². The maximum absolute atomic E-state index is 12.5. The van der Waals surface area contributed by atoms with Gasteiger partial charge in [-0.25, -0.2) is 0 Å². The quantitative estimate of drug-likeness (QED) is 0.671. The number of fused-ring (bicyclic) bond motifs is 1. The van der Waals surface area contributed by atoms with E-state index in [4.69, 9.17) is 4.74 Å². The number of aryl methyl sites for hydroxylation is 2. The van der Waals surface area contributed by atoms with E-state index in [0.717, 1.165) is 11.1 Å². The number of rotatable bonds is 5. The van der Waals surface area contributed by atoms with Crippen LogP contribution in [0.5, 0.6) is 5.75 Å². The fourth-order valence-corrected chi connectivity index (χ4v) is 3.27. The molecule has 5 nitrogen and oxygen atoms in total. The lowest BCUT2D eigenvalue weighted by atomic mass is 10.1. The number of anilines is 2. The smallest absolute Gasteiger partial charge is 0.270 e. The minimum atomic E-state index is -0.682. The molecule has 0 saturated heterocycles. The second-order valence-electron chi connectivity index (χ2n) is 7.14. The van der Waals surface area contributed by atoms with Crippen molar-refractivity contribution in [1.82, 2.24) is 0 Å². The lowest BCUT2D eigenvalue weighted by Crippen LogP contribution is -2.30. The van der Waals surface area contributed by atoms with Crippen LogP contribution in [0.25, 0.3) is 0 Å². The number of carbonyl (C=O) groups is 2. The predicted octanol–water partition coefficient (Wildman–Crippen LogP) is 4.64. The summed E-state index contributed by atoms with van der Waals surface area (Å²) in [4.78, 5) is 24.7. The largest absolute Gasteiger partial charge is 0.474 e. The van der Waals surface area contributed by atoms with Crippen LogP contribution in [-0.2, 0) is 16.0 Å². The van der Waals surface area contributed by atoms with E-state index < -0.39 is 6.10 Å². The Morgan fingerprint density at radius 3 is 2.55 bits per heavy atom. The molecule has 0 spiro atoms. The number of amides is 2. The van der Waals surface area contributed by atoms with Gasteiger partial charge in [-0.15, -0.1) is 0 Å². The van der Waals surface area contributed by atoms with Gasteiger partial charge < -0.3 is 15.4 Å². The topological polar surface area (TPSA) is 67.4 Å². The highest BCUT2D eigenvalue weighted by Gasteiger charge is 2.29. The van der Waals surface area contributed by atoms with Crippen LogP contribution < -0.4 is 15.4 Å². The Balaban J connectivity index is 1.40. The van der Waals surface area contributed by atoms with Crippen LogP contribution in [-0.4, -0.2) is 11.8 Å². The van der Waals surface area contributed by atoms with E-state index in [2.05, 4.69) is 10.6 Å². The lowest BCUT2D eigenvalue weighted by Gasteiger charge is -2.26. The summed E-state index contributed by atoms with van der Waals surface area (Å²) in [6.07, 6.45) is 0.382. The first-order valence-corrected chi connectivity index (χ1v) is 9.60. The Kier molecular flexibility index (Phi) is 5.29. The molecule has 0 aromatic heterocycles. The fourth-order valence-electron chi connectivity index (χ4n) is 3.27. The minimum Gasteiger partial charge on any atom is -0.474 e. The van der Waals surface area contributed by atoms with Gasteiger partial charge >= 0.3 is 0 Å². The van der Waals surface area contributed by atoms with E-state index in [1.54, 1.807) is 18.2 Å². The van der Waals surface area contributed by atoms with Crippen molar-refractivity contribution in [2.75, 3.05) is 10.6 Å². The maximum Gasteiger partial charge on any atom is 0.270 e. The third kappa shape index (κ3) is 4.46. The van der Waals surface area contributed by atoms with Crippen LogP contribution in [0.15, 0.2) is 72.8 Å². The molecule has 29 heavy (non-hydrogen) atoms. The third-order valence-corrected chi connectivity index (χ3v) is 4.87. The number of ether oxygens (including phenoxy) is 1. The van der Waals surface area contributed by atoms with Crippen molar-refractivity contribution >= 4 is 23.2 Å². The predicted molar refractivity (Wildman–Crippen MR) is 113 cm³/mol. The number of benzene rings is 3. The Morgan fingerprint density at radius 2 is 1.79 bits per heavy atom. The zero-order valence-electron chi connectivity index (χ0n) is 16.1. The van der Waals surface area contributed by atoms with Crippen LogP contribution in [0.3, 0.4) is 0 Å². The first-order valence-electron chi connectivity index (χ1n) is 9.60. The molecule has 0 saturated carbocycles. The molecule has 0 bridgehead atoms. The average molecular weight is 386 g/mol. The van der Waals surface area contributed by atoms with Crippen molar-refractivity contribution in [3.05, 3.63) is 89.5 Å². The van der Waals surface area contributed by atoms with Crippen molar-refractivity contribution in [2.45, 2.75) is 25.9 Å². The zero-order chi connectivity index (χ0) is 20.2. The first kappa shape index (κ1) is 18.7. The molecule has 1 unspecified atom stereocenters. The van der Waals surface area contributed by atoms with Crippen molar-refractivity contribution < 1.29 is 14.3 Å². The molecule has 3 aromatic rings. The molecular formula is C24H22N2O3. The standard InChI is InChI=1S/C24H22N2O3/c1-16-7-9-17(10-8-16)11-14-22(27)25-19-12-13-21-20(15-19)26-24(28)23(29-21)18-5-3-2-4-6-18/h2-10,12-13,15,23H,11,14H2,1H3,(H,25,27)(H,26,28). The number of hydrogen-bond donors (Lipinski definition) is 2. The van der Waals surface area contributed by atoms with Crippen molar-refractivity contribution in [1.29, 1.82) is 0 Å². The summed E-state index contributed by atoms with van der Waals surface area (Å²) in [7, 11) is 0. The Hall–Kier alpha value is -3.60. The zero-order valence-corrected chi connectivity index (χ0v) is 16.1. The average Bonchev–Trinajstić information content (AvgIpc) is 2.73. The van der Waals surface area contributed by atoms with E-state index >= 15 is 0 Å². The summed E-state index contributed by atoms with van der Waals surface area (Å²) in [5.41, 5.74) is 4.30. The van der Waals surface area contributed by atoms with Gasteiger partial charge in [0, 0.05) is 17.7 Å². The van der Waals surface area contributed by atoms with Gasteiger partial charge in [-0.3, -0.25) is 9.59 Å². The molecule has 1 heterocycles. The molecule has 5 heteroatoms. The van der Waals surface area contributed by atoms with E-state index in [1.807, 2.05) is 61.5 Å². The molecule has 2 N–H and O–H groups in total. The highest BCUT2D eigenvalue weighted by molar-refractivity contribution is 5.99. The number of nitrogens with one attached hydrogen (secondary N) is 2. The summed E-state index contributed by atoms with van der Waals surface area (Å²) >= 11 is 0. The van der Waals surface area contributed by atoms with Crippen LogP contribution in [0, 0.1) is 6.92 Å². The molecule has 3 aromatic carbocycles. The van der Waals surface area contributed by atoms with Gasteiger partial charge in [0.15, 0.2) is 0 Å². The maximum atomic E-state index is 12.5. The molecule has 1 atom stereocenters. The molecule has 146 valence electrons. The second kappa shape index (κ2) is 8.19. The minimum absolute atomic E-state index is 0.0734. The highest BCUT2D eigenvalue weighted by Crippen LogP contribution is 2.36. The van der Waals surface area contributed by atoms with E-state index in [-0.39, 0.29) is 11.8 Å². The van der Waals surface area contributed by atoms with Gasteiger partial charge in [0.2, 0.25) is 12.0 Å². The van der Waals surface area contributed by atoms with Crippen LogP contribution >= 0.6 is 0 Å². The number of hydrogen-bond acceptors (Lipinski definition) is 3. The van der Waals surface area contributed by atoms with Crippen molar-refractivity contribution in [3.8, 4) is 5.75 Å². The molecule has 1 aliphatic rings. The molecule has 4 rings (SSSR count). The van der Waals surface area contributed by atoms with Gasteiger partial charge in [-0.1, -0.05) is 60.2 Å². The van der Waals surface area contributed by atoms with Crippen molar-refractivity contribution in [3.63, 3.8) is 0 Å². The van der Waals surface area contributed by atoms with Crippen LogP contribution in [0.2, 0.25) is 0 Å². The molecule has 0 aliphatic carbocycles. The summed E-state index contributed by atoms with van der Waals surface area (Å²) in [5, 5.41) is 5.76. The SMILES string of the molecule is Cc1ccc(CCC(=O)Nc2ccc3c(c2)NC(=O)C(c2ccccc2)O3)cc1. The molecule has 1 aliphatic heterocycles. The van der Waals surface area contributed by atoms with Crippen molar-refractivity contribution in [2.24, 2.45) is 0 Å². The van der Waals surface area contributed by atoms with Crippen LogP contribution in [0.4, 0.5) is 11.4 Å². The Morgan fingerprint density at radius 1 is 1.03 bits per heavy atom. The molecule has 2 amide bonds. The van der Waals surface area contributed by atoms with E-state index in [9.17, 15) is 9.59 Å². The fraction of sp³-hybridized carbons (Fsp3) is 0.167. The third-order valence-electron chi connectivity index (χ3n) is 4.87. The summed E-state index contributed by atoms with van der Waals surface area (Å²) in [5.74, 6) is 0.276. The Labute approximate surface area is 169 Å². The first-order chi connectivity index (χ1) is 14.1. The lowest BCUT2D eigenvalue weighted by molar-refractivity contribution is -0.123. The summed E-state index contributed by atoms with van der Waals surface area (Å²) in [6.45, 7) is 2.04. The molecular weight excluding hydrogens is 364 g/mol. The normalized spacial score (nSPS) is 15.1. The monoisotopic (exact) mass is 386 g/mol. The number of carbonyl (C=O) groups excluding carboxylic acids is 2. The molecule has 0 fully saturated rings. The van der Waals surface area contributed by atoms with Crippen LogP contribution in [0.1, 0.15) is 29.2 Å². The van der Waals surface area contributed by atoms with Gasteiger partial charge in [0.05, 0.1) is 5.69 Å². The highest BCUT2D eigenvalue weighted by atomic mass is 16.5. The second-order valence-corrected chi connectivity index (χ2v) is 7.14. The van der Waals surface area contributed by atoms with E-state index in [1.165, 1.54) is 5.56 Å². The summed E-state index contributed by atoms with van der Waals surface area (Å²) in [6, 6.07) is 22.8. The molecule has 0 radical (unpaired) electrons.